The van der Waals surface area contributed by atoms with Crippen molar-refractivity contribution in [3.8, 4) is 0 Å². The van der Waals surface area contributed by atoms with Gasteiger partial charge in [0.1, 0.15) is 0 Å². The number of nitrogens with one attached hydrogen (secondary N) is 2. The molecule has 1 saturated heterocycles. The molecule has 2 N–H and O–H groups in total. The minimum atomic E-state index is 0.101. The third-order valence-electron chi connectivity index (χ3n) is 3.13. The maximum Gasteiger partial charge on any atom is 0.315 e. The fourth-order valence-corrected chi connectivity index (χ4v) is 2.99. The van der Waals surface area contributed by atoms with Crippen molar-refractivity contribution in [1.82, 2.24) is 15.5 Å². The van der Waals surface area contributed by atoms with Gasteiger partial charge >= 0.3 is 6.01 Å². The summed E-state index contributed by atoms with van der Waals surface area (Å²) in [5.74, 6) is 3.93. The monoisotopic (exact) mass is 256 g/mol. The van der Waals surface area contributed by atoms with E-state index in [9.17, 15) is 0 Å². The van der Waals surface area contributed by atoms with E-state index in [0.29, 0.717) is 11.9 Å². The summed E-state index contributed by atoms with van der Waals surface area (Å²) in [7, 11) is 1.88. The van der Waals surface area contributed by atoms with Crippen molar-refractivity contribution in [2.75, 3.05) is 30.4 Å². The Labute approximate surface area is 106 Å². The van der Waals surface area contributed by atoms with Gasteiger partial charge in [-0.05, 0) is 44.2 Å². The zero-order chi connectivity index (χ0) is 12.1. The van der Waals surface area contributed by atoms with Crippen LogP contribution < -0.4 is 10.6 Å². The molecule has 0 spiro atoms. The van der Waals surface area contributed by atoms with Crippen LogP contribution in [-0.2, 0) is 0 Å². The Bertz CT molecular complexity index is 338. The molecule has 2 rings (SSSR count). The smallest absolute Gasteiger partial charge is 0.315 e. The molecule has 96 valence electrons. The standard InChI is InChI=1S/C11H20N4OS/c1-8(12-2)10-14-15-11(16-10)13-7-9-3-5-17-6-4-9/h8-9,12H,3-7H2,1-2H3,(H,13,15). The highest BCUT2D eigenvalue weighted by atomic mass is 32.2. The molecule has 5 nitrogen and oxygen atoms in total. The van der Waals surface area contributed by atoms with E-state index in [4.69, 9.17) is 4.42 Å². The minimum absolute atomic E-state index is 0.101. The van der Waals surface area contributed by atoms with Gasteiger partial charge in [-0.15, -0.1) is 5.10 Å². The molecule has 6 heteroatoms. The minimum Gasteiger partial charge on any atom is -0.406 e. The molecule has 17 heavy (non-hydrogen) atoms. The van der Waals surface area contributed by atoms with Crippen LogP contribution in [0, 0.1) is 5.92 Å². The van der Waals surface area contributed by atoms with Gasteiger partial charge in [0.2, 0.25) is 5.89 Å². The number of thioether (sulfide) groups is 1. The van der Waals surface area contributed by atoms with Gasteiger partial charge in [0, 0.05) is 6.54 Å². The predicted molar refractivity (Wildman–Crippen MR) is 70.3 cm³/mol. The Morgan fingerprint density at radius 2 is 2.18 bits per heavy atom. The Morgan fingerprint density at radius 1 is 1.41 bits per heavy atom. The predicted octanol–water partition coefficient (Wildman–Crippen LogP) is 1.91. The van der Waals surface area contributed by atoms with Gasteiger partial charge in [-0.2, -0.15) is 11.8 Å². The molecular formula is C11H20N4OS. The first-order chi connectivity index (χ1) is 8.29. The van der Waals surface area contributed by atoms with Gasteiger partial charge in [-0.3, -0.25) is 0 Å². The summed E-state index contributed by atoms with van der Waals surface area (Å²) in [5.41, 5.74) is 0. The first-order valence-electron chi connectivity index (χ1n) is 6.12. The number of aromatic nitrogens is 2. The van der Waals surface area contributed by atoms with Crippen molar-refractivity contribution >= 4 is 17.8 Å². The first-order valence-corrected chi connectivity index (χ1v) is 7.27. The van der Waals surface area contributed by atoms with E-state index in [1.807, 2.05) is 25.7 Å². The molecule has 2 heterocycles. The average Bonchev–Trinajstić information content (AvgIpc) is 2.85. The lowest BCUT2D eigenvalue weighted by Crippen LogP contribution is -2.19. The largest absolute Gasteiger partial charge is 0.406 e. The second-order valence-electron chi connectivity index (χ2n) is 4.39. The molecule has 0 amide bonds. The summed E-state index contributed by atoms with van der Waals surface area (Å²) in [5, 5.41) is 14.3. The molecule has 1 fully saturated rings. The van der Waals surface area contributed by atoms with E-state index in [-0.39, 0.29) is 6.04 Å². The van der Waals surface area contributed by atoms with Gasteiger partial charge in [-0.25, -0.2) is 0 Å². The van der Waals surface area contributed by atoms with Crippen molar-refractivity contribution < 1.29 is 4.42 Å². The summed E-state index contributed by atoms with van der Waals surface area (Å²) < 4.78 is 5.53. The Hall–Kier alpha value is -0.750. The van der Waals surface area contributed by atoms with Gasteiger partial charge in [0.25, 0.3) is 0 Å². The van der Waals surface area contributed by atoms with Gasteiger partial charge in [0.15, 0.2) is 0 Å². The number of nitrogens with zero attached hydrogens (tertiary/aromatic N) is 2. The second-order valence-corrected chi connectivity index (χ2v) is 5.62. The van der Waals surface area contributed by atoms with E-state index < -0.39 is 0 Å². The maximum absolute atomic E-state index is 5.53. The summed E-state index contributed by atoms with van der Waals surface area (Å²) in [6.45, 7) is 2.94. The number of hydrogen-bond donors (Lipinski definition) is 2. The summed E-state index contributed by atoms with van der Waals surface area (Å²) in [6.07, 6.45) is 2.57. The molecule has 1 unspecified atom stereocenters. The van der Waals surface area contributed by atoms with Crippen molar-refractivity contribution in [2.24, 2.45) is 5.92 Å². The maximum atomic E-state index is 5.53. The number of anilines is 1. The van der Waals surface area contributed by atoms with Crippen LogP contribution in [0.4, 0.5) is 6.01 Å². The molecule has 1 atom stereocenters. The molecular weight excluding hydrogens is 236 g/mol. The number of hydrogen-bond acceptors (Lipinski definition) is 6. The molecule has 0 bridgehead atoms. The number of rotatable bonds is 5. The van der Waals surface area contributed by atoms with Crippen LogP contribution >= 0.6 is 11.8 Å². The Balaban J connectivity index is 1.80. The SMILES string of the molecule is CNC(C)c1nnc(NCC2CCSCC2)o1. The fourth-order valence-electron chi connectivity index (χ4n) is 1.79. The van der Waals surface area contributed by atoms with Crippen LogP contribution in [0.5, 0.6) is 0 Å². The second kappa shape index (κ2) is 6.26. The van der Waals surface area contributed by atoms with Crippen molar-refractivity contribution in [3.63, 3.8) is 0 Å². The van der Waals surface area contributed by atoms with E-state index in [1.165, 1.54) is 24.3 Å². The summed E-state index contributed by atoms with van der Waals surface area (Å²) in [6, 6.07) is 0.643. The summed E-state index contributed by atoms with van der Waals surface area (Å²) >= 11 is 2.04. The van der Waals surface area contributed by atoms with Crippen molar-refractivity contribution in [2.45, 2.75) is 25.8 Å². The molecule has 1 aromatic rings. The van der Waals surface area contributed by atoms with E-state index in [2.05, 4.69) is 20.8 Å². The average molecular weight is 256 g/mol. The van der Waals surface area contributed by atoms with E-state index in [0.717, 1.165) is 12.5 Å². The van der Waals surface area contributed by atoms with Crippen LogP contribution in [-0.4, -0.2) is 35.3 Å². The van der Waals surface area contributed by atoms with Gasteiger partial charge < -0.3 is 15.1 Å². The lowest BCUT2D eigenvalue weighted by molar-refractivity contribution is 0.435. The van der Waals surface area contributed by atoms with Crippen LogP contribution in [0.15, 0.2) is 4.42 Å². The molecule has 0 aliphatic carbocycles. The van der Waals surface area contributed by atoms with Crippen LogP contribution in [0.2, 0.25) is 0 Å². The topological polar surface area (TPSA) is 63.0 Å². The highest BCUT2D eigenvalue weighted by Gasteiger charge is 2.15. The third-order valence-corrected chi connectivity index (χ3v) is 4.18. The molecule has 1 aromatic heterocycles. The van der Waals surface area contributed by atoms with Crippen LogP contribution in [0.25, 0.3) is 0 Å². The third kappa shape index (κ3) is 3.61. The quantitative estimate of drug-likeness (QED) is 0.839. The van der Waals surface area contributed by atoms with Crippen molar-refractivity contribution in [1.29, 1.82) is 0 Å². The van der Waals surface area contributed by atoms with Crippen molar-refractivity contribution in [3.05, 3.63) is 5.89 Å². The van der Waals surface area contributed by atoms with Crippen LogP contribution in [0.3, 0.4) is 0 Å². The van der Waals surface area contributed by atoms with Gasteiger partial charge in [0.05, 0.1) is 6.04 Å². The Morgan fingerprint density at radius 3 is 2.88 bits per heavy atom. The lowest BCUT2D eigenvalue weighted by Gasteiger charge is -2.20. The normalized spacial score (nSPS) is 19.2. The van der Waals surface area contributed by atoms with Gasteiger partial charge in [-0.1, -0.05) is 5.10 Å². The van der Waals surface area contributed by atoms with E-state index >= 15 is 0 Å². The van der Waals surface area contributed by atoms with E-state index in [1.54, 1.807) is 0 Å². The lowest BCUT2D eigenvalue weighted by atomic mass is 10.0. The highest BCUT2D eigenvalue weighted by molar-refractivity contribution is 7.99. The highest BCUT2D eigenvalue weighted by Crippen LogP contribution is 2.23. The zero-order valence-electron chi connectivity index (χ0n) is 10.4. The molecule has 0 saturated carbocycles. The molecule has 1 aliphatic rings. The summed E-state index contributed by atoms with van der Waals surface area (Å²) in [4.78, 5) is 0. The molecule has 1 aliphatic heterocycles. The molecule has 0 radical (unpaired) electrons. The Kier molecular flexibility index (Phi) is 4.67. The molecule has 0 aromatic carbocycles. The van der Waals surface area contributed by atoms with Crippen LogP contribution in [0.1, 0.15) is 31.7 Å². The first kappa shape index (κ1) is 12.7. The zero-order valence-corrected chi connectivity index (χ0v) is 11.2. The fraction of sp³-hybridized carbons (Fsp3) is 0.818.